The van der Waals surface area contributed by atoms with E-state index < -0.39 is 5.97 Å². The summed E-state index contributed by atoms with van der Waals surface area (Å²) in [6, 6.07) is 12.0. The van der Waals surface area contributed by atoms with Gasteiger partial charge in [0.1, 0.15) is 0 Å². The normalized spacial score (nSPS) is 16.0. The summed E-state index contributed by atoms with van der Waals surface area (Å²) in [5.74, 6) is -0.00620. The third-order valence-corrected chi connectivity index (χ3v) is 4.28. The second kappa shape index (κ2) is 6.71. The van der Waals surface area contributed by atoms with Crippen molar-refractivity contribution < 1.29 is 9.53 Å². The van der Waals surface area contributed by atoms with E-state index >= 15 is 0 Å². The van der Waals surface area contributed by atoms with Gasteiger partial charge in [-0.1, -0.05) is 31.5 Å². The molecule has 0 N–H and O–H groups in total. The number of aliphatic imine (C=N–C) groups is 1. The second-order valence-corrected chi connectivity index (χ2v) is 6.13. The maximum absolute atomic E-state index is 11.9. The van der Waals surface area contributed by atoms with Crippen LogP contribution in [0.5, 0.6) is 0 Å². The molecule has 4 heteroatoms. The van der Waals surface area contributed by atoms with Gasteiger partial charge in [0.05, 0.1) is 0 Å². The summed E-state index contributed by atoms with van der Waals surface area (Å²) in [6.45, 7) is 2.18. The molecule has 112 valence electrons. The molecule has 2 aromatic rings. The molecule has 0 saturated carbocycles. The molecule has 3 nitrogen and oxygen atoms in total. The molecule has 2 heterocycles. The monoisotopic (exact) mass is 311 g/mol. The Balaban J connectivity index is 1.79. The number of carbonyl (C=O) groups is 1. The molecular weight excluding hydrogens is 294 g/mol. The number of benzene rings is 1. The third-order valence-electron chi connectivity index (χ3n) is 3.46. The van der Waals surface area contributed by atoms with Gasteiger partial charge in [-0.25, -0.2) is 9.79 Å². The molecule has 0 unspecified atom stereocenters. The van der Waals surface area contributed by atoms with Gasteiger partial charge in [0.15, 0.2) is 5.70 Å². The highest BCUT2D eigenvalue weighted by Gasteiger charge is 2.24. The Kier molecular flexibility index (Phi) is 4.49. The van der Waals surface area contributed by atoms with E-state index in [1.165, 1.54) is 18.4 Å². The number of carbonyl (C=O) groups excluding carboxylic acids is 1. The van der Waals surface area contributed by atoms with E-state index in [1.807, 2.05) is 29.6 Å². The first kappa shape index (κ1) is 14.7. The molecule has 1 aliphatic rings. The minimum Gasteiger partial charge on any atom is -0.402 e. The number of esters is 1. The number of unbranched alkanes of at least 4 members (excludes halogenated alkanes) is 1. The van der Waals surface area contributed by atoms with Gasteiger partial charge in [0.25, 0.3) is 0 Å². The number of cyclic esters (lactones) is 1. The van der Waals surface area contributed by atoms with Crippen molar-refractivity contribution in [3.05, 3.63) is 63.5 Å². The van der Waals surface area contributed by atoms with E-state index in [2.05, 4.69) is 24.0 Å². The van der Waals surface area contributed by atoms with Crippen molar-refractivity contribution in [1.29, 1.82) is 0 Å². The molecular formula is C18H17NO2S. The van der Waals surface area contributed by atoms with E-state index in [4.69, 9.17) is 4.74 Å². The second-order valence-electron chi connectivity index (χ2n) is 5.15. The van der Waals surface area contributed by atoms with Crippen LogP contribution in [0.3, 0.4) is 0 Å². The Morgan fingerprint density at radius 3 is 2.73 bits per heavy atom. The van der Waals surface area contributed by atoms with Crippen molar-refractivity contribution >= 4 is 29.3 Å². The van der Waals surface area contributed by atoms with E-state index in [-0.39, 0.29) is 0 Å². The summed E-state index contributed by atoms with van der Waals surface area (Å²) in [5, 5.41) is 1.96. The van der Waals surface area contributed by atoms with Gasteiger partial charge in [0, 0.05) is 10.4 Å². The van der Waals surface area contributed by atoms with Crippen LogP contribution >= 0.6 is 11.3 Å². The minimum absolute atomic E-state index is 0.354. The van der Waals surface area contributed by atoms with Gasteiger partial charge in [-0.05, 0) is 48.1 Å². The first-order valence-electron chi connectivity index (χ1n) is 7.41. The highest BCUT2D eigenvalue weighted by Crippen LogP contribution is 2.21. The van der Waals surface area contributed by atoms with Gasteiger partial charge in [-0.2, -0.15) is 0 Å². The van der Waals surface area contributed by atoms with Crippen molar-refractivity contribution in [1.82, 2.24) is 0 Å². The molecule has 0 radical (unpaired) electrons. The lowest BCUT2D eigenvalue weighted by Gasteiger charge is -2.02. The predicted molar refractivity (Wildman–Crippen MR) is 90.0 cm³/mol. The number of hydrogen-bond donors (Lipinski definition) is 0. The van der Waals surface area contributed by atoms with Crippen LogP contribution in [0.1, 0.15) is 35.8 Å². The summed E-state index contributed by atoms with van der Waals surface area (Å²) in [5.41, 5.74) is 2.49. The zero-order valence-corrected chi connectivity index (χ0v) is 13.2. The SMILES string of the molecule is CCCCc1ccc(C2=N/C(=C\c3cccs3)C(=O)O2)cc1. The van der Waals surface area contributed by atoms with E-state index in [0.717, 1.165) is 16.9 Å². The Labute approximate surface area is 134 Å². The highest BCUT2D eigenvalue weighted by molar-refractivity contribution is 7.10. The number of hydrogen-bond acceptors (Lipinski definition) is 4. The summed E-state index contributed by atoms with van der Waals surface area (Å²) in [6.07, 6.45) is 5.20. The fraction of sp³-hybridized carbons (Fsp3) is 0.222. The Bertz CT molecular complexity index is 712. The molecule has 3 rings (SSSR count). The zero-order valence-electron chi connectivity index (χ0n) is 12.4. The topological polar surface area (TPSA) is 38.7 Å². The lowest BCUT2D eigenvalue weighted by Crippen LogP contribution is -2.05. The average molecular weight is 311 g/mol. The summed E-state index contributed by atoms with van der Waals surface area (Å²) in [7, 11) is 0. The first-order valence-corrected chi connectivity index (χ1v) is 8.29. The fourth-order valence-corrected chi connectivity index (χ4v) is 2.89. The molecule has 22 heavy (non-hydrogen) atoms. The van der Waals surface area contributed by atoms with Gasteiger partial charge in [0.2, 0.25) is 5.90 Å². The summed E-state index contributed by atoms with van der Waals surface area (Å²) >= 11 is 1.56. The first-order chi connectivity index (χ1) is 10.8. The van der Waals surface area contributed by atoms with E-state index in [0.29, 0.717) is 11.6 Å². The largest absolute Gasteiger partial charge is 0.402 e. The van der Waals surface area contributed by atoms with Crippen LogP contribution in [0, 0.1) is 0 Å². The molecule has 1 aliphatic heterocycles. The molecule has 0 saturated heterocycles. The van der Waals surface area contributed by atoms with Gasteiger partial charge in [-0.15, -0.1) is 11.3 Å². The smallest absolute Gasteiger partial charge is 0.363 e. The molecule has 0 fully saturated rings. The number of nitrogens with zero attached hydrogens (tertiary/aromatic N) is 1. The maximum Gasteiger partial charge on any atom is 0.363 e. The van der Waals surface area contributed by atoms with Crippen molar-refractivity contribution in [2.75, 3.05) is 0 Å². The molecule has 0 atom stereocenters. The van der Waals surface area contributed by atoms with Crippen LogP contribution < -0.4 is 0 Å². The van der Waals surface area contributed by atoms with Crippen LogP contribution in [0.2, 0.25) is 0 Å². The van der Waals surface area contributed by atoms with Crippen LogP contribution in [0.4, 0.5) is 0 Å². The van der Waals surface area contributed by atoms with Crippen LogP contribution in [0.15, 0.2) is 52.5 Å². The quantitative estimate of drug-likeness (QED) is 0.605. The molecule has 1 aromatic heterocycles. The Hall–Kier alpha value is -2.20. The predicted octanol–water partition coefficient (Wildman–Crippen LogP) is 4.44. The molecule has 1 aromatic carbocycles. The number of rotatable bonds is 5. The van der Waals surface area contributed by atoms with Gasteiger partial charge >= 0.3 is 5.97 Å². The van der Waals surface area contributed by atoms with E-state index in [1.54, 1.807) is 17.4 Å². The third kappa shape index (κ3) is 3.34. The number of thiophene rings is 1. The lowest BCUT2D eigenvalue weighted by atomic mass is 10.1. The van der Waals surface area contributed by atoms with E-state index in [9.17, 15) is 4.79 Å². The minimum atomic E-state index is -0.390. The van der Waals surface area contributed by atoms with Crippen LogP contribution in [-0.2, 0) is 16.0 Å². The standard InChI is InChI=1S/C18H17NO2S/c1-2-3-5-13-7-9-14(10-8-13)17-19-16(18(20)21-17)12-15-6-4-11-22-15/h4,6-12H,2-3,5H2,1H3/b16-12-. The lowest BCUT2D eigenvalue weighted by molar-refractivity contribution is -0.129. The van der Waals surface area contributed by atoms with Crippen molar-refractivity contribution in [2.24, 2.45) is 4.99 Å². The van der Waals surface area contributed by atoms with Crippen LogP contribution in [0.25, 0.3) is 6.08 Å². The van der Waals surface area contributed by atoms with Crippen molar-refractivity contribution in [3.8, 4) is 0 Å². The zero-order chi connectivity index (χ0) is 15.4. The Morgan fingerprint density at radius 2 is 2.05 bits per heavy atom. The van der Waals surface area contributed by atoms with Gasteiger partial charge < -0.3 is 4.74 Å². The van der Waals surface area contributed by atoms with Gasteiger partial charge in [-0.3, -0.25) is 0 Å². The van der Waals surface area contributed by atoms with Crippen molar-refractivity contribution in [2.45, 2.75) is 26.2 Å². The fourth-order valence-electron chi connectivity index (χ4n) is 2.24. The van der Waals surface area contributed by atoms with Crippen LogP contribution in [-0.4, -0.2) is 11.9 Å². The molecule has 0 amide bonds. The van der Waals surface area contributed by atoms with Crippen molar-refractivity contribution in [3.63, 3.8) is 0 Å². The maximum atomic E-state index is 11.9. The highest BCUT2D eigenvalue weighted by atomic mass is 32.1. The Morgan fingerprint density at radius 1 is 1.23 bits per heavy atom. The summed E-state index contributed by atoms with van der Waals surface area (Å²) in [4.78, 5) is 17.2. The number of aryl methyl sites for hydroxylation is 1. The molecule has 0 spiro atoms. The molecule has 0 aliphatic carbocycles. The number of ether oxygens (including phenoxy) is 1. The average Bonchev–Trinajstić information content (AvgIpc) is 3.17. The summed E-state index contributed by atoms with van der Waals surface area (Å²) < 4.78 is 5.28. The molecule has 0 bridgehead atoms.